The number of aromatic nitrogens is 3. The number of fused-ring (bicyclic) bond motifs is 1. The number of methoxy groups -OCH3 is 1. The Hall–Kier alpha value is -2.73. The molecule has 3 aromatic rings. The van der Waals surface area contributed by atoms with Crippen molar-refractivity contribution >= 4 is 17.1 Å². The Bertz CT molecular complexity index is 841. The maximum absolute atomic E-state index is 12.2. The van der Waals surface area contributed by atoms with Crippen molar-refractivity contribution < 1.29 is 9.53 Å². The number of nitrogens with one attached hydrogen (secondary N) is 1. The fourth-order valence-corrected chi connectivity index (χ4v) is 2.49. The Morgan fingerprint density at radius 3 is 3.00 bits per heavy atom. The highest BCUT2D eigenvalue weighted by Gasteiger charge is 2.12. The van der Waals surface area contributed by atoms with Gasteiger partial charge in [-0.25, -0.2) is 9.97 Å². The third kappa shape index (κ3) is 3.07. The van der Waals surface area contributed by atoms with Crippen molar-refractivity contribution in [3.8, 4) is 5.69 Å². The number of pyridine rings is 1. The summed E-state index contributed by atoms with van der Waals surface area (Å²) in [4.78, 5) is 21.1. The predicted molar refractivity (Wildman–Crippen MR) is 87.8 cm³/mol. The van der Waals surface area contributed by atoms with Gasteiger partial charge < -0.3 is 10.1 Å². The minimum Gasteiger partial charge on any atom is -0.383 e. The molecule has 2 aromatic heterocycles. The first-order chi connectivity index (χ1) is 11.2. The molecular weight excluding hydrogens is 292 g/mol. The van der Waals surface area contributed by atoms with Crippen LogP contribution in [0.15, 0.2) is 42.6 Å². The van der Waals surface area contributed by atoms with Gasteiger partial charge in [0, 0.05) is 31.1 Å². The Morgan fingerprint density at radius 1 is 1.30 bits per heavy atom. The molecule has 2 heterocycles. The fourth-order valence-electron chi connectivity index (χ4n) is 2.49. The summed E-state index contributed by atoms with van der Waals surface area (Å²) in [6, 6.07) is 11.2. The molecule has 0 aliphatic rings. The lowest BCUT2D eigenvalue weighted by Gasteiger charge is -2.09. The van der Waals surface area contributed by atoms with E-state index in [9.17, 15) is 4.79 Å². The maximum Gasteiger partial charge on any atom is 0.251 e. The summed E-state index contributed by atoms with van der Waals surface area (Å²) in [5, 5.41) is 2.82. The van der Waals surface area contributed by atoms with Crippen molar-refractivity contribution in [1.29, 1.82) is 0 Å². The predicted octanol–water partition coefficient (Wildman–Crippen LogP) is 2.11. The third-order valence-corrected chi connectivity index (χ3v) is 3.54. The van der Waals surface area contributed by atoms with Crippen LogP contribution >= 0.6 is 0 Å². The van der Waals surface area contributed by atoms with E-state index in [1.807, 2.05) is 41.8 Å². The van der Waals surface area contributed by atoms with Crippen molar-refractivity contribution in [2.75, 3.05) is 20.3 Å². The number of nitrogens with zero attached hydrogens (tertiary/aromatic N) is 3. The average Bonchev–Trinajstić information content (AvgIpc) is 2.91. The van der Waals surface area contributed by atoms with Gasteiger partial charge in [0.2, 0.25) is 0 Å². The second-order valence-corrected chi connectivity index (χ2v) is 5.14. The van der Waals surface area contributed by atoms with E-state index < -0.39 is 0 Å². The molecule has 1 amide bonds. The summed E-state index contributed by atoms with van der Waals surface area (Å²) in [6.45, 7) is 2.89. The van der Waals surface area contributed by atoms with Crippen LogP contribution in [0, 0.1) is 6.92 Å². The molecule has 0 atom stereocenters. The van der Waals surface area contributed by atoms with E-state index >= 15 is 0 Å². The highest BCUT2D eigenvalue weighted by atomic mass is 16.5. The number of ether oxygens (including phenoxy) is 1. The highest BCUT2D eigenvalue weighted by molar-refractivity contribution is 5.94. The van der Waals surface area contributed by atoms with Crippen LogP contribution in [0.2, 0.25) is 0 Å². The van der Waals surface area contributed by atoms with E-state index in [4.69, 9.17) is 4.74 Å². The number of carbonyl (C=O) groups excluding carboxylic acids is 1. The van der Waals surface area contributed by atoms with E-state index in [2.05, 4.69) is 15.3 Å². The topological polar surface area (TPSA) is 69.0 Å². The van der Waals surface area contributed by atoms with Crippen molar-refractivity contribution in [3.05, 3.63) is 54.0 Å². The van der Waals surface area contributed by atoms with E-state index in [1.54, 1.807) is 19.4 Å². The van der Waals surface area contributed by atoms with Gasteiger partial charge in [0.1, 0.15) is 11.3 Å². The first-order valence-electron chi connectivity index (χ1n) is 7.38. The van der Waals surface area contributed by atoms with Crippen molar-refractivity contribution in [2.24, 2.45) is 0 Å². The van der Waals surface area contributed by atoms with Crippen LogP contribution in [-0.4, -0.2) is 40.7 Å². The highest BCUT2D eigenvalue weighted by Crippen LogP contribution is 2.20. The van der Waals surface area contributed by atoms with Crippen LogP contribution in [0.4, 0.5) is 0 Å². The molecule has 0 saturated carbocycles. The van der Waals surface area contributed by atoms with Gasteiger partial charge in [-0.05, 0) is 37.3 Å². The fraction of sp³-hybridized carbons (Fsp3) is 0.235. The molecule has 6 heteroatoms. The quantitative estimate of drug-likeness (QED) is 0.733. The largest absolute Gasteiger partial charge is 0.383 e. The van der Waals surface area contributed by atoms with Crippen LogP contribution in [0.1, 0.15) is 16.2 Å². The molecule has 0 radical (unpaired) electrons. The summed E-state index contributed by atoms with van der Waals surface area (Å²) >= 11 is 0. The van der Waals surface area contributed by atoms with Crippen LogP contribution in [0.3, 0.4) is 0 Å². The van der Waals surface area contributed by atoms with Gasteiger partial charge in [-0.15, -0.1) is 0 Å². The van der Waals surface area contributed by atoms with Gasteiger partial charge in [-0.3, -0.25) is 9.36 Å². The van der Waals surface area contributed by atoms with E-state index in [1.165, 1.54) is 0 Å². The summed E-state index contributed by atoms with van der Waals surface area (Å²) < 4.78 is 6.88. The lowest BCUT2D eigenvalue weighted by molar-refractivity contribution is 0.0937. The normalized spacial score (nSPS) is 10.9. The summed E-state index contributed by atoms with van der Waals surface area (Å²) in [7, 11) is 1.60. The van der Waals surface area contributed by atoms with Crippen LogP contribution in [0.5, 0.6) is 0 Å². The minimum absolute atomic E-state index is 0.126. The maximum atomic E-state index is 12.2. The summed E-state index contributed by atoms with van der Waals surface area (Å²) in [5.41, 5.74) is 3.07. The average molecular weight is 310 g/mol. The van der Waals surface area contributed by atoms with Gasteiger partial charge in [-0.2, -0.15) is 0 Å². The molecule has 0 aliphatic heterocycles. The molecule has 0 unspecified atom stereocenters. The smallest absolute Gasteiger partial charge is 0.251 e. The molecule has 1 N–H and O–H groups in total. The molecule has 0 fully saturated rings. The summed E-state index contributed by atoms with van der Waals surface area (Å²) in [6.07, 6.45) is 1.74. The molecule has 0 aliphatic carbocycles. The Balaban J connectivity index is 1.96. The van der Waals surface area contributed by atoms with Gasteiger partial charge in [0.05, 0.1) is 6.61 Å². The van der Waals surface area contributed by atoms with E-state index in [0.717, 1.165) is 22.7 Å². The SMILES string of the molecule is COCCNC(=O)c1cccc(-n2c(C)nc3cccnc32)c1. The number of rotatable bonds is 5. The molecule has 23 heavy (non-hydrogen) atoms. The Morgan fingerprint density at radius 2 is 2.17 bits per heavy atom. The lowest BCUT2D eigenvalue weighted by atomic mass is 10.2. The monoisotopic (exact) mass is 310 g/mol. The third-order valence-electron chi connectivity index (χ3n) is 3.54. The van der Waals surface area contributed by atoms with Crippen molar-refractivity contribution in [3.63, 3.8) is 0 Å². The van der Waals surface area contributed by atoms with E-state index in [0.29, 0.717) is 18.7 Å². The van der Waals surface area contributed by atoms with Gasteiger partial charge >= 0.3 is 0 Å². The van der Waals surface area contributed by atoms with Gasteiger partial charge in [0.15, 0.2) is 5.65 Å². The number of amides is 1. The van der Waals surface area contributed by atoms with Gasteiger partial charge in [0.25, 0.3) is 5.91 Å². The first-order valence-corrected chi connectivity index (χ1v) is 7.38. The first kappa shape index (κ1) is 15.2. The number of hydrogen-bond donors (Lipinski definition) is 1. The van der Waals surface area contributed by atoms with Crippen LogP contribution < -0.4 is 5.32 Å². The zero-order chi connectivity index (χ0) is 16.2. The number of hydrogen-bond acceptors (Lipinski definition) is 4. The minimum atomic E-state index is -0.126. The number of aryl methyl sites for hydroxylation is 1. The second kappa shape index (κ2) is 6.58. The number of carbonyl (C=O) groups is 1. The number of imidazole rings is 1. The molecule has 118 valence electrons. The van der Waals surface area contributed by atoms with Crippen molar-refractivity contribution in [2.45, 2.75) is 6.92 Å². The zero-order valence-electron chi connectivity index (χ0n) is 13.1. The molecule has 0 bridgehead atoms. The van der Waals surface area contributed by atoms with Crippen LogP contribution in [0.25, 0.3) is 16.9 Å². The van der Waals surface area contributed by atoms with Crippen molar-refractivity contribution in [1.82, 2.24) is 19.9 Å². The lowest BCUT2D eigenvalue weighted by Crippen LogP contribution is -2.27. The molecule has 6 nitrogen and oxygen atoms in total. The van der Waals surface area contributed by atoms with E-state index in [-0.39, 0.29) is 5.91 Å². The van der Waals surface area contributed by atoms with Crippen LogP contribution in [-0.2, 0) is 4.74 Å². The molecule has 0 spiro atoms. The number of benzene rings is 1. The van der Waals surface area contributed by atoms with Gasteiger partial charge in [-0.1, -0.05) is 6.07 Å². The second-order valence-electron chi connectivity index (χ2n) is 5.14. The standard InChI is InChI=1S/C17H18N4O2/c1-12-20-15-7-4-8-18-16(15)21(12)14-6-3-5-13(11-14)17(22)19-9-10-23-2/h3-8,11H,9-10H2,1-2H3,(H,19,22). The molecule has 1 aromatic carbocycles. The Kier molecular flexibility index (Phi) is 4.34. The molecule has 0 saturated heterocycles. The summed E-state index contributed by atoms with van der Waals surface area (Å²) in [5.74, 6) is 0.703. The molecular formula is C17H18N4O2. The Labute approximate surface area is 134 Å². The molecule has 3 rings (SSSR count). The zero-order valence-corrected chi connectivity index (χ0v) is 13.1.